The van der Waals surface area contributed by atoms with Gasteiger partial charge in [0, 0.05) is 31.1 Å². The van der Waals surface area contributed by atoms with Crippen LogP contribution >= 0.6 is 0 Å². The number of aliphatic imine (C=N–C) groups is 1. The molecule has 1 atom stereocenters. The maximum absolute atomic E-state index is 10.7. The summed E-state index contributed by atoms with van der Waals surface area (Å²) in [5.74, 6) is 0.611. The van der Waals surface area contributed by atoms with E-state index in [1.807, 2.05) is 37.3 Å². The molecule has 2 aromatic carbocycles. The first-order valence-electron chi connectivity index (χ1n) is 8.55. The topological polar surface area (TPSA) is 99.8 Å². The summed E-state index contributed by atoms with van der Waals surface area (Å²) in [6.07, 6.45) is 0. The van der Waals surface area contributed by atoms with Crippen LogP contribution in [0.3, 0.4) is 0 Å². The van der Waals surface area contributed by atoms with Crippen molar-refractivity contribution in [1.82, 2.24) is 10.6 Å². The van der Waals surface area contributed by atoms with Gasteiger partial charge in [0.1, 0.15) is 0 Å². The molecule has 2 rings (SSSR count). The van der Waals surface area contributed by atoms with Crippen LogP contribution in [-0.2, 0) is 6.54 Å². The molecule has 0 saturated heterocycles. The van der Waals surface area contributed by atoms with Gasteiger partial charge in [-0.25, -0.2) is 4.99 Å². The molecule has 1 unspecified atom stereocenters. The zero-order valence-corrected chi connectivity index (χ0v) is 14.8. The number of nitrogens with one attached hydrogen (secondary N) is 2. The van der Waals surface area contributed by atoms with Crippen LogP contribution in [0, 0.1) is 10.1 Å². The number of nitrogens with zero attached hydrogens (tertiary/aromatic N) is 2. The quantitative estimate of drug-likeness (QED) is 0.292. The highest BCUT2D eigenvalue weighted by atomic mass is 16.6. The van der Waals surface area contributed by atoms with E-state index in [2.05, 4.69) is 15.6 Å². The zero-order valence-electron chi connectivity index (χ0n) is 14.8. The maximum Gasteiger partial charge on any atom is 0.269 e. The van der Waals surface area contributed by atoms with E-state index in [0.717, 1.165) is 11.1 Å². The molecule has 2 aromatic rings. The number of nitro benzene ring substituents is 1. The molecule has 0 fully saturated rings. The number of hydrogen-bond donors (Lipinski definition) is 3. The summed E-state index contributed by atoms with van der Waals surface area (Å²) in [5.41, 5.74) is 2.01. The Morgan fingerprint density at radius 3 is 2.42 bits per heavy atom. The lowest BCUT2D eigenvalue weighted by atomic mass is 10.0. The Balaban J connectivity index is 1.98. The molecule has 7 nitrogen and oxygen atoms in total. The molecule has 138 valence electrons. The van der Waals surface area contributed by atoms with Gasteiger partial charge in [0.15, 0.2) is 5.96 Å². The smallest absolute Gasteiger partial charge is 0.269 e. The van der Waals surface area contributed by atoms with Gasteiger partial charge in [0.05, 0.1) is 18.1 Å². The molecule has 0 spiro atoms. The fourth-order valence-corrected chi connectivity index (χ4v) is 2.47. The van der Waals surface area contributed by atoms with E-state index < -0.39 is 4.92 Å². The number of aliphatic hydroxyl groups excluding tert-OH is 1. The second-order valence-corrected chi connectivity index (χ2v) is 5.79. The largest absolute Gasteiger partial charge is 0.396 e. The predicted octanol–water partition coefficient (Wildman–Crippen LogP) is 2.43. The van der Waals surface area contributed by atoms with Crippen LogP contribution in [0.25, 0.3) is 0 Å². The fourth-order valence-electron chi connectivity index (χ4n) is 2.47. The number of benzene rings is 2. The molecule has 0 heterocycles. The van der Waals surface area contributed by atoms with Crippen LogP contribution in [0.1, 0.15) is 24.0 Å². The van der Waals surface area contributed by atoms with Crippen molar-refractivity contribution >= 4 is 11.6 Å². The summed E-state index contributed by atoms with van der Waals surface area (Å²) in [5, 5.41) is 26.7. The Kier molecular flexibility index (Phi) is 7.57. The molecular weight excluding hydrogens is 332 g/mol. The van der Waals surface area contributed by atoms with E-state index in [1.54, 1.807) is 12.1 Å². The minimum atomic E-state index is -0.419. The molecule has 0 saturated carbocycles. The van der Waals surface area contributed by atoms with Crippen molar-refractivity contribution < 1.29 is 10.0 Å². The lowest BCUT2D eigenvalue weighted by molar-refractivity contribution is -0.384. The van der Waals surface area contributed by atoms with E-state index in [4.69, 9.17) is 0 Å². The van der Waals surface area contributed by atoms with Gasteiger partial charge in [0.25, 0.3) is 5.69 Å². The molecular formula is C19H24N4O3. The fraction of sp³-hybridized carbons (Fsp3) is 0.316. The van der Waals surface area contributed by atoms with Crippen LogP contribution in [0.15, 0.2) is 59.6 Å². The monoisotopic (exact) mass is 356 g/mol. The zero-order chi connectivity index (χ0) is 18.8. The Bertz CT molecular complexity index is 717. The normalized spacial score (nSPS) is 12.5. The van der Waals surface area contributed by atoms with Gasteiger partial charge >= 0.3 is 0 Å². The number of rotatable bonds is 8. The third-order valence-corrected chi connectivity index (χ3v) is 3.92. The summed E-state index contributed by atoms with van der Waals surface area (Å²) in [4.78, 5) is 14.8. The van der Waals surface area contributed by atoms with E-state index in [0.29, 0.717) is 25.6 Å². The average molecular weight is 356 g/mol. The number of aliphatic hydroxyl groups is 1. The van der Waals surface area contributed by atoms with Crippen molar-refractivity contribution in [2.24, 2.45) is 4.99 Å². The Morgan fingerprint density at radius 2 is 1.85 bits per heavy atom. The minimum absolute atomic E-state index is 0.0283. The highest BCUT2D eigenvalue weighted by Crippen LogP contribution is 2.14. The molecule has 0 radical (unpaired) electrons. The Labute approximate surface area is 152 Å². The first-order valence-corrected chi connectivity index (χ1v) is 8.55. The average Bonchev–Trinajstić information content (AvgIpc) is 2.67. The predicted molar refractivity (Wildman–Crippen MR) is 102 cm³/mol. The minimum Gasteiger partial charge on any atom is -0.396 e. The van der Waals surface area contributed by atoms with E-state index in [9.17, 15) is 15.2 Å². The molecule has 7 heteroatoms. The number of non-ortho nitro benzene ring substituents is 1. The standard InChI is InChI=1S/C19H24N4O3/c1-2-20-19(21-12-15-8-10-18(11-9-15)23(25)26)22-13-17(14-24)16-6-4-3-5-7-16/h3-11,17,24H,2,12-14H2,1H3,(H2,20,21,22). The van der Waals surface area contributed by atoms with Crippen LogP contribution in [-0.4, -0.2) is 35.7 Å². The lowest BCUT2D eigenvalue weighted by Gasteiger charge is -2.18. The molecule has 0 aliphatic carbocycles. The lowest BCUT2D eigenvalue weighted by Crippen LogP contribution is -2.39. The van der Waals surface area contributed by atoms with Crippen LogP contribution in [0.4, 0.5) is 5.69 Å². The van der Waals surface area contributed by atoms with Gasteiger partial charge in [-0.3, -0.25) is 10.1 Å². The second kappa shape index (κ2) is 10.1. The first kappa shape index (κ1) is 19.4. The SMILES string of the molecule is CCNC(=NCc1ccc([N+](=O)[O-])cc1)NCC(CO)c1ccccc1. The molecule has 26 heavy (non-hydrogen) atoms. The van der Waals surface area contributed by atoms with Crippen molar-refractivity contribution in [1.29, 1.82) is 0 Å². The molecule has 0 amide bonds. The van der Waals surface area contributed by atoms with E-state index >= 15 is 0 Å². The molecule has 3 N–H and O–H groups in total. The molecule has 0 aliphatic heterocycles. The Morgan fingerprint density at radius 1 is 1.15 bits per heavy atom. The van der Waals surface area contributed by atoms with Gasteiger partial charge in [-0.1, -0.05) is 42.5 Å². The van der Waals surface area contributed by atoms with Crippen LogP contribution in [0.5, 0.6) is 0 Å². The van der Waals surface area contributed by atoms with Crippen molar-refractivity contribution in [3.8, 4) is 0 Å². The maximum atomic E-state index is 10.7. The van der Waals surface area contributed by atoms with Gasteiger partial charge in [0.2, 0.25) is 0 Å². The van der Waals surface area contributed by atoms with Crippen LogP contribution < -0.4 is 10.6 Å². The summed E-state index contributed by atoms with van der Waals surface area (Å²) in [6.45, 7) is 3.68. The van der Waals surface area contributed by atoms with Crippen molar-refractivity contribution in [2.45, 2.75) is 19.4 Å². The van der Waals surface area contributed by atoms with E-state index in [-0.39, 0.29) is 18.2 Å². The van der Waals surface area contributed by atoms with Crippen molar-refractivity contribution in [3.63, 3.8) is 0 Å². The third kappa shape index (κ3) is 5.86. The van der Waals surface area contributed by atoms with Crippen molar-refractivity contribution in [2.75, 3.05) is 19.7 Å². The van der Waals surface area contributed by atoms with Gasteiger partial charge in [-0.2, -0.15) is 0 Å². The molecule has 0 aliphatic rings. The third-order valence-electron chi connectivity index (χ3n) is 3.92. The Hall–Kier alpha value is -2.93. The summed E-state index contributed by atoms with van der Waals surface area (Å²) >= 11 is 0. The highest BCUT2D eigenvalue weighted by molar-refractivity contribution is 5.79. The number of hydrogen-bond acceptors (Lipinski definition) is 4. The summed E-state index contributed by atoms with van der Waals surface area (Å²) in [7, 11) is 0. The van der Waals surface area contributed by atoms with Crippen LogP contribution in [0.2, 0.25) is 0 Å². The number of guanidine groups is 1. The summed E-state index contributed by atoms with van der Waals surface area (Å²) in [6, 6.07) is 16.2. The van der Waals surface area contributed by atoms with Gasteiger partial charge in [-0.05, 0) is 18.1 Å². The first-order chi connectivity index (χ1) is 12.6. The van der Waals surface area contributed by atoms with Crippen molar-refractivity contribution in [3.05, 3.63) is 75.8 Å². The second-order valence-electron chi connectivity index (χ2n) is 5.79. The molecule has 0 bridgehead atoms. The van der Waals surface area contributed by atoms with Gasteiger partial charge < -0.3 is 15.7 Å². The highest BCUT2D eigenvalue weighted by Gasteiger charge is 2.11. The summed E-state index contributed by atoms with van der Waals surface area (Å²) < 4.78 is 0. The number of nitro groups is 1. The molecule has 0 aromatic heterocycles. The van der Waals surface area contributed by atoms with Gasteiger partial charge in [-0.15, -0.1) is 0 Å². The van der Waals surface area contributed by atoms with E-state index in [1.165, 1.54) is 12.1 Å².